The third-order valence-electron chi connectivity index (χ3n) is 3.19. The Kier molecular flexibility index (Phi) is 4.55. The summed E-state index contributed by atoms with van der Waals surface area (Å²) in [4.78, 5) is 8.46. The number of aliphatic imine (C=N–C) groups is 1. The lowest BCUT2D eigenvalue weighted by Gasteiger charge is -2.06. The molecule has 1 aromatic heterocycles. The van der Waals surface area contributed by atoms with Crippen LogP contribution < -0.4 is 5.73 Å². The molecule has 0 bridgehead atoms. The van der Waals surface area contributed by atoms with Gasteiger partial charge in [-0.3, -0.25) is 4.55 Å². The topological polar surface area (TPSA) is 106 Å². The van der Waals surface area contributed by atoms with Gasteiger partial charge in [0.05, 0.1) is 26.7 Å². The van der Waals surface area contributed by atoms with Gasteiger partial charge in [-0.1, -0.05) is 12.1 Å². The third-order valence-corrected chi connectivity index (χ3v) is 5.38. The zero-order chi connectivity index (χ0) is 17.3. The minimum absolute atomic E-state index is 0.0410. The number of hydrogen-bond acceptors (Lipinski definition) is 5. The first-order valence-electron chi connectivity index (χ1n) is 6.75. The van der Waals surface area contributed by atoms with Crippen LogP contribution in [0.1, 0.15) is 0 Å². The van der Waals surface area contributed by atoms with Crippen molar-refractivity contribution in [2.45, 2.75) is 4.90 Å². The van der Waals surface area contributed by atoms with Gasteiger partial charge in [-0.2, -0.15) is 8.42 Å². The first-order chi connectivity index (χ1) is 11.4. The lowest BCUT2D eigenvalue weighted by molar-refractivity contribution is 0.483. The summed E-state index contributed by atoms with van der Waals surface area (Å²) in [7, 11) is -4.34. The molecule has 0 aliphatic carbocycles. The molecule has 0 radical (unpaired) electrons. The van der Waals surface area contributed by atoms with Gasteiger partial charge in [0.2, 0.25) is 0 Å². The molecule has 3 rings (SSSR count). The van der Waals surface area contributed by atoms with Crippen LogP contribution in [0, 0.1) is 0 Å². The maximum atomic E-state index is 11.4. The summed E-state index contributed by atoms with van der Waals surface area (Å²) in [5.74, 6) is 0.234. The third kappa shape index (κ3) is 3.41. The molecule has 0 spiro atoms. The molecule has 0 saturated heterocycles. The normalized spacial score (nSPS) is 12.7. The Bertz CT molecular complexity index is 1010. The number of rotatable bonds is 4. The van der Waals surface area contributed by atoms with E-state index in [2.05, 4.69) is 9.98 Å². The molecule has 0 atom stereocenters. The molecule has 24 heavy (non-hydrogen) atoms. The number of nitrogens with zero attached hydrogens (tertiary/aromatic N) is 2. The van der Waals surface area contributed by atoms with Crippen molar-refractivity contribution in [1.29, 1.82) is 0 Å². The molecule has 0 saturated carbocycles. The van der Waals surface area contributed by atoms with E-state index in [0.717, 1.165) is 10.2 Å². The highest BCUT2D eigenvalue weighted by Gasteiger charge is 2.16. The fourth-order valence-corrected chi connectivity index (χ4v) is 3.67. The van der Waals surface area contributed by atoms with E-state index in [-0.39, 0.29) is 16.6 Å². The predicted octanol–water partition coefficient (Wildman–Crippen LogP) is 3.44. The minimum Gasteiger partial charge on any atom is -0.386 e. The summed E-state index contributed by atoms with van der Waals surface area (Å²) in [6.07, 6.45) is 0. The Morgan fingerprint density at radius 2 is 2.04 bits per heavy atom. The highest BCUT2D eigenvalue weighted by Crippen LogP contribution is 2.37. The van der Waals surface area contributed by atoms with Gasteiger partial charge in [0.1, 0.15) is 10.8 Å². The first-order valence-corrected chi connectivity index (χ1v) is 9.54. The lowest BCUT2D eigenvalue weighted by Crippen LogP contribution is -2.12. The Hall–Kier alpha value is -2.00. The second-order valence-corrected chi connectivity index (χ2v) is 7.60. The summed E-state index contributed by atoms with van der Waals surface area (Å²) in [5, 5.41) is 0.572. The molecule has 0 fully saturated rings. The zero-order valence-electron chi connectivity index (χ0n) is 12.2. The Balaban J connectivity index is 2.25. The molecular weight excluding hydrogens is 370 g/mol. The van der Waals surface area contributed by atoms with Crippen LogP contribution in [0.4, 0.5) is 5.69 Å². The SMILES string of the molecule is NC(CCl)=Nc1ccc(S(=O)(=O)O)cc1-c1nc2ccccc2s1. The van der Waals surface area contributed by atoms with Crippen LogP contribution in [-0.4, -0.2) is 29.7 Å². The van der Waals surface area contributed by atoms with E-state index in [0.29, 0.717) is 16.3 Å². The molecule has 0 unspecified atom stereocenters. The summed E-state index contributed by atoms with van der Waals surface area (Å²) in [6, 6.07) is 11.6. The van der Waals surface area contributed by atoms with Crippen molar-refractivity contribution in [3.63, 3.8) is 0 Å². The van der Waals surface area contributed by atoms with Crippen LogP contribution in [0.2, 0.25) is 0 Å². The second kappa shape index (κ2) is 6.48. The van der Waals surface area contributed by atoms with Gasteiger partial charge in [-0.25, -0.2) is 9.98 Å². The molecule has 3 N–H and O–H groups in total. The molecule has 6 nitrogen and oxygen atoms in total. The van der Waals surface area contributed by atoms with Crippen molar-refractivity contribution >= 4 is 54.8 Å². The monoisotopic (exact) mass is 381 g/mol. The number of para-hydroxylation sites is 1. The standard InChI is InChI=1S/C15H12ClN3O3S2/c16-8-14(17)18-11-6-5-9(24(20,21)22)7-10(11)15-19-12-3-1-2-4-13(12)23-15/h1-7H,8H2,(H2,17,18)(H,20,21,22). The number of amidine groups is 1. The van der Waals surface area contributed by atoms with Crippen LogP contribution in [-0.2, 0) is 10.1 Å². The Morgan fingerprint density at radius 3 is 2.71 bits per heavy atom. The van der Waals surface area contributed by atoms with Crippen molar-refractivity contribution in [3.8, 4) is 10.6 Å². The molecule has 124 valence electrons. The molecule has 2 aromatic carbocycles. The van der Waals surface area contributed by atoms with E-state index in [1.54, 1.807) is 0 Å². The minimum atomic E-state index is -4.34. The van der Waals surface area contributed by atoms with Crippen molar-refractivity contribution in [1.82, 2.24) is 4.98 Å². The van der Waals surface area contributed by atoms with E-state index in [9.17, 15) is 13.0 Å². The molecule has 3 aromatic rings. The van der Waals surface area contributed by atoms with Gasteiger partial charge in [0, 0.05) is 5.56 Å². The maximum Gasteiger partial charge on any atom is 0.294 e. The highest BCUT2D eigenvalue weighted by atomic mass is 35.5. The first kappa shape index (κ1) is 16.8. The van der Waals surface area contributed by atoms with E-state index in [1.807, 2.05) is 24.3 Å². The Labute approximate surface area is 147 Å². The van der Waals surface area contributed by atoms with Gasteiger partial charge in [0.15, 0.2) is 0 Å². The average molecular weight is 382 g/mol. The van der Waals surface area contributed by atoms with Gasteiger partial charge in [-0.15, -0.1) is 22.9 Å². The van der Waals surface area contributed by atoms with Crippen molar-refractivity contribution in [3.05, 3.63) is 42.5 Å². The number of alkyl halides is 1. The van der Waals surface area contributed by atoms with E-state index in [4.69, 9.17) is 17.3 Å². The van der Waals surface area contributed by atoms with Crippen molar-refractivity contribution < 1.29 is 13.0 Å². The number of benzene rings is 2. The average Bonchev–Trinajstić information content (AvgIpc) is 2.97. The van der Waals surface area contributed by atoms with Gasteiger partial charge < -0.3 is 5.73 Å². The second-order valence-electron chi connectivity index (χ2n) is 4.88. The van der Waals surface area contributed by atoms with Gasteiger partial charge in [-0.05, 0) is 30.3 Å². The van der Waals surface area contributed by atoms with Crippen LogP contribution in [0.3, 0.4) is 0 Å². The number of hydrogen-bond donors (Lipinski definition) is 2. The summed E-state index contributed by atoms with van der Waals surface area (Å²) >= 11 is 7.05. The van der Waals surface area contributed by atoms with E-state index < -0.39 is 10.1 Å². The fourth-order valence-electron chi connectivity index (χ4n) is 2.12. The maximum absolute atomic E-state index is 11.4. The van der Waals surface area contributed by atoms with Crippen LogP contribution in [0.15, 0.2) is 52.4 Å². The van der Waals surface area contributed by atoms with Crippen LogP contribution >= 0.6 is 22.9 Å². The molecule has 1 heterocycles. The van der Waals surface area contributed by atoms with Crippen LogP contribution in [0.25, 0.3) is 20.8 Å². The molecule has 0 aliphatic heterocycles. The summed E-state index contributed by atoms with van der Waals surface area (Å²) in [6.45, 7) is 0. The summed E-state index contributed by atoms with van der Waals surface area (Å²) < 4.78 is 33.1. The van der Waals surface area contributed by atoms with Crippen LogP contribution in [0.5, 0.6) is 0 Å². The molecule has 0 aliphatic rings. The quantitative estimate of drug-likeness (QED) is 0.311. The number of fused-ring (bicyclic) bond motifs is 1. The molecule has 0 amide bonds. The lowest BCUT2D eigenvalue weighted by atomic mass is 10.2. The summed E-state index contributed by atoms with van der Waals surface area (Å²) in [5.41, 5.74) is 7.36. The highest BCUT2D eigenvalue weighted by molar-refractivity contribution is 7.85. The smallest absolute Gasteiger partial charge is 0.294 e. The number of thiazole rings is 1. The predicted molar refractivity (Wildman–Crippen MR) is 96.9 cm³/mol. The Morgan fingerprint density at radius 1 is 1.29 bits per heavy atom. The molecule has 9 heteroatoms. The number of halogens is 1. The molecular formula is C15H12ClN3O3S2. The van der Waals surface area contributed by atoms with E-state index >= 15 is 0 Å². The largest absolute Gasteiger partial charge is 0.386 e. The number of nitrogens with two attached hydrogens (primary N) is 1. The van der Waals surface area contributed by atoms with Gasteiger partial charge >= 0.3 is 0 Å². The van der Waals surface area contributed by atoms with Crippen molar-refractivity contribution in [2.75, 3.05) is 5.88 Å². The van der Waals surface area contributed by atoms with Crippen molar-refractivity contribution in [2.24, 2.45) is 10.7 Å². The fraction of sp³-hybridized carbons (Fsp3) is 0.0667. The van der Waals surface area contributed by atoms with Gasteiger partial charge in [0.25, 0.3) is 10.1 Å². The zero-order valence-corrected chi connectivity index (χ0v) is 14.6. The van der Waals surface area contributed by atoms with E-state index in [1.165, 1.54) is 29.5 Å². The number of aromatic nitrogens is 1.